The van der Waals surface area contributed by atoms with Crippen molar-refractivity contribution in [2.45, 2.75) is 40.2 Å². The van der Waals surface area contributed by atoms with Crippen LogP contribution in [0.1, 0.15) is 40.5 Å². The van der Waals surface area contributed by atoms with Gasteiger partial charge in [-0.05, 0) is 56.5 Å². The predicted octanol–water partition coefficient (Wildman–Crippen LogP) is 3.73. The molecule has 1 heterocycles. The molecule has 0 unspecified atom stereocenters. The number of nitrogens with one attached hydrogen (secondary N) is 1. The van der Waals surface area contributed by atoms with Gasteiger partial charge in [-0.3, -0.25) is 4.79 Å². The zero-order chi connectivity index (χ0) is 19.4. The summed E-state index contributed by atoms with van der Waals surface area (Å²) in [6.07, 6.45) is 0.682. The second-order valence-electron chi connectivity index (χ2n) is 6.26. The molecule has 7 heteroatoms. The van der Waals surface area contributed by atoms with Crippen molar-refractivity contribution < 1.29 is 14.6 Å². The molecule has 0 bridgehead atoms. The van der Waals surface area contributed by atoms with Crippen LogP contribution in [0.25, 0.3) is 0 Å². The van der Waals surface area contributed by atoms with Crippen LogP contribution in [0, 0.1) is 20.8 Å². The van der Waals surface area contributed by atoms with E-state index in [1.807, 2.05) is 20.8 Å². The zero-order valence-corrected chi connectivity index (χ0v) is 16.1. The number of carbonyl (C=O) groups excluding carboxylic acids is 1. The quantitative estimate of drug-likeness (QED) is 0.682. The van der Waals surface area contributed by atoms with Crippen molar-refractivity contribution in [2.75, 3.05) is 11.9 Å². The number of aliphatic hydroxyl groups excluding tert-OH is 1. The number of pyridine rings is 1. The molecule has 1 aromatic heterocycles. The van der Waals surface area contributed by atoms with Crippen LogP contribution in [0.5, 0.6) is 11.6 Å². The number of rotatable bonds is 7. The van der Waals surface area contributed by atoms with Gasteiger partial charge >= 0.3 is 0 Å². The van der Waals surface area contributed by atoms with E-state index < -0.39 is 5.91 Å². The fourth-order valence-corrected chi connectivity index (χ4v) is 3.05. The number of aliphatic hydroxyl groups is 1. The summed E-state index contributed by atoms with van der Waals surface area (Å²) in [5.41, 5.74) is 8.54. The highest BCUT2D eigenvalue weighted by Gasteiger charge is 2.21. The number of ether oxygens (including phenoxy) is 1. The Morgan fingerprint density at radius 3 is 2.42 bits per heavy atom. The molecule has 0 aliphatic heterocycles. The van der Waals surface area contributed by atoms with E-state index in [2.05, 4.69) is 10.3 Å². The molecule has 1 amide bonds. The third kappa shape index (κ3) is 4.45. The summed E-state index contributed by atoms with van der Waals surface area (Å²) in [6.45, 7) is 7.40. The van der Waals surface area contributed by atoms with Gasteiger partial charge in [0.2, 0.25) is 5.88 Å². The fourth-order valence-electron chi connectivity index (χ4n) is 2.72. The van der Waals surface area contributed by atoms with Crippen LogP contribution in [0.3, 0.4) is 0 Å². The molecule has 1 aromatic carbocycles. The monoisotopic (exact) mass is 377 g/mol. The van der Waals surface area contributed by atoms with Crippen LogP contribution < -0.4 is 15.8 Å². The predicted molar refractivity (Wildman–Crippen MR) is 103 cm³/mol. The minimum absolute atomic E-state index is 0.0678. The topological polar surface area (TPSA) is 97.5 Å². The first kappa shape index (κ1) is 20.0. The highest BCUT2D eigenvalue weighted by Crippen LogP contribution is 2.34. The molecule has 2 rings (SSSR count). The Bertz CT molecular complexity index is 797. The number of nitrogens with two attached hydrogens (primary N) is 1. The number of hydrogen-bond acceptors (Lipinski definition) is 5. The first-order valence-electron chi connectivity index (χ1n) is 8.40. The van der Waals surface area contributed by atoms with Crippen molar-refractivity contribution in [3.8, 4) is 11.6 Å². The van der Waals surface area contributed by atoms with Gasteiger partial charge in [0.25, 0.3) is 5.91 Å². The molecule has 0 radical (unpaired) electrons. The number of aryl methyl sites for hydroxylation is 3. The third-order valence-corrected chi connectivity index (χ3v) is 4.28. The molecular weight excluding hydrogens is 354 g/mol. The number of aromatic nitrogens is 1. The van der Waals surface area contributed by atoms with Crippen LogP contribution in [0.2, 0.25) is 5.02 Å². The van der Waals surface area contributed by atoms with E-state index in [0.717, 1.165) is 11.1 Å². The molecule has 0 saturated carbocycles. The Kier molecular flexibility index (Phi) is 6.45. The van der Waals surface area contributed by atoms with Gasteiger partial charge in [-0.25, -0.2) is 4.98 Å². The second-order valence-corrected chi connectivity index (χ2v) is 6.69. The smallest absolute Gasteiger partial charge is 0.256 e. The standard InChI is InChI=1S/C19H24ClN3O3/c1-5-14(9-24)23-15-8-12(4)22-19(16(15)18(21)25)26-17-10(2)6-13(20)7-11(17)3/h6-8,14,24H,5,9H2,1-4H3,(H2,21,25)(H,22,23)/t14-/m0/s1. The summed E-state index contributed by atoms with van der Waals surface area (Å²) in [5.74, 6) is 0.0449. The highest BCUT2D eigenvalue weighted by atomic mass is 35.5. The van der Waals surface area contributed by atoms with Crippen LogP contribution >= 0.6 is 11.6 Å². The van der Waals surface area contributed by atoms with Crippen molar-refractivity contribution in [2.24, 2.45) is 5.73 Å². The number of benzene rings is 1. The molecule has 0 saturated heterocycles. The van der Waals surface area contributed by atoms with Gasteiger partial charge in [0.05, 0.1) is 12.3 Å². The Morgan fingerprint density at radius 1 is 1.31 bits per heavy atom. The molecule has 140 valence electrons. The maximum atomic E-state index is 12.1. The van der Waals surface area contributed by atoms with E-state index in [1.165, 1.54) is 0 Å². The summed E-state index contributed by atoms with van der Waals surface area (Å²) in [6, 6.07) is 5.07. The largest absolute Gasteiger partial charge is 0.438 e. The summed E-state index contributed by atoms with van der Waals surface area (Å²) in [4.78, 5) is 16.5. The number of halogens is 1. The molecule has 0 spiro atoms. The van der Waals surface area contributed by atoms with Gasteiger partial charge in [-0.1, -0.05) is 18.5 Å². The van der Waals surface area contributed by atoms with Crippen molar-refractivity contribution >= 4 is 23.2 Å². The summed E-state index contributed by atoms with van der Waals surface area (Å²) >= 11 is 6.07. The number of primary amides is 1. The average molecular weight is 378 g/mol. The van der Waals surface area contributed by atoms with Gasteiger partial charge in [0, 0.05) is 16.8 Å². The molecular formula is C19H24ClN3O3. The van der Waals surface area contributed by atoms with Gasteiger partial charge in [0.1, 0.15) is 11.3 Å². The van der Waals surface area contributed by atoms with E-state index in [-0.39, 0.29) is 24.1 Å². The van der Waals surface area contributed by atoms with Crippen LogP contribution in [-0.2, 0) is 0 Å². The number of carbonyl (C=O) groups is 1. The Morgan fingerprint density at radius 2 is 1.92 bits per heavy atom. The highest BCUT2D eigenvalue weighted by molar-refractivity contribution is 6.30. The van der Waals surface area contributed by atoms with Crippen LogP contribution in [-0.4, -0.2) is 28.6 Å². The first-order valence-corrected chi connectivity index (χ1v) is 8.78. The van der Waals surface area contributed by atoms with Gasteiger partial charge in [0.15, 0.2) is 0 Å². The van der Waals surface area contributed by atoms with Crippen molar-refractivity contribution in [3.05, 3.63) is 45.6 Å². The third-order valence-electron chi connectivity index (χ3n) is 4.06. The lowest BCUT2D eigenvalue weighted by Crippen LogP contribution is -2.25. The summed E-state index contributed by atoms with van der Waals surface area (Å²) < 4.78 is 5.98. The Hall–Kier alpha value is -2.31. The van der Waals surface area contributed by atoms with Gasteiger partial charge in [-0.2, -0.15) is 0 Å². The summed E-state index contributed by atoms with van der Waals surface area (Å²) in [7, 11) is 0. The molecule has 0 aliphatic rings. The normalized spacial score (nSPS) is 11.9. The van der Waals surface area contributed by atoms with Crippen LogP contribution in [0.15, 0.2) is 18.2 Å². The lowest BCUT2D eigenvalue weighted by molar-refractivity contribution is 0.0998. The molecule has 1 atom stereocenters. The second kappa shape index (κ2) is 8.38. The number of nitrogens with zero attached hydrogens (tertiary/aromatic N) is 1. The van der Waals surface area contributed by atoms with Crippen molar-refractivity contribution in [1.29, 1.82) is 0 Å². The number of anilines is 1. The first-order chi connectivity index (χ1) is 12.3. The molecule has 0 aliphatic carbocycles. The SMILES string of the molecule is CC[C@@H](CO)Nc1cc(C)nc(Oc2c(C)cc(Cl)cc2C)c1C(N)=O. The molecule has 26 heavy (non-hydrogen) atoms. The van der Waals surface area contributed by atoms with Crippen molar-refractivity contribution in [1.82, 2.24) is 4.98 Å². The maximum Gasteiger partial charge on any atom is 0.256 e. The van der Waals surface area contributed by atoms with E-state index in [9.17, 15) is 9.90 Å². The molecule has 4 N–H and O–H groups in total. The fraction of sp³-hybridized carbons (Fsp3) is 0.368. The van der Waals surface area contributed by atoms with Gasteiger partial charge < -0.3 is 20.9 Å². The van der Waals surface area contributed by atoms with E-state index in [1.54, 1.807) is 25.1 Å². The lowest BCUT2D eigenvalue weighted by atomic mass is 10.1. The molecule has 0 fully saturated rings. The average Bonchev–Trinajstić information content (AvgIpc) is 2.55. The minimum Gasteiger partial charge on any atom is -0.438 e. The minimum atomic E-state index is -0.660. The van der Waals surface area contributed by atoms with Crippen LogP contribution in [0.4, 0.5) is 5.69 Å². The Labute approximate surface area is 158 Å². The van der Waals surface area contributed by atoms with Crippen molar-refractivity contribution in [3.63, 3.8) is 0 Å². The molecule has 6 nitrogen and oxygen atoms in total. The summed E-state index contributed by atoms with van der Waals surface area (Å²) in [5, 5.41) is 13.2. The lowest BCUT2D eigenvalue weighted by Gasteiger charge is -2.20. The van der Waals surface area contributed by atoms with E-state index in [4.69, 9.17) is 22.1 Å². The maximum absolute atomic E-state index is 12.1. The number of hydrogen-bond donors (Lipinski definition) is 3. The zero-order valence-electron chi connectivity index (χ0n) is 15.4. The van der Waals surface area contributed by atoms with Gasteiger partial charge in [-0.15, -0.1) is 0 Å². The number of amides is 1. The van der Waals surface area contributed by atoms with E-state index in [0.29, 0.717) is 28.6 Å². The molecule has 2 aromatic rings. The Balaban J connectivity index is 2.55. The van der Waals surface area contributed by atoms with E-state index >= 15 is 0 Å².